The van der Waals surface area contributed by atoms with Crippen LogP contribution in [0.2, 0.25) is 0 Å². The van der Waals surface area contributed by atoms with Crippen molar-refractivity contribution in [2.75, 3.05) is 22.9 Å². The first-order valence-corrected chi connectivity index (χ1v) is 9.91. The second kappa shape index (κ2) is 8.09. The molecule has 0 saturated heterocycles. The van der Waals surface area contributed by atoms with Gasteiger partial charge >= 0.3 is 6.18 Å². The minimum atomic E-state index is -4.45. The lowest BCUT2D eigenvalue weighted by Crippen LogP contribution is -2.30. The zero-order chi connectivity index (χ0) is 21.1. The number of hydrogen-bond acceptors (Lipinski definition) is 4. The van der Waals surface area contributed by atoms with E-state index in [1.165, 1.54) is 38.2 Å². The standard InChI is InChI=1S/C18H19F3N2O4S/c1-12(17(24)22-14-6-4-13(5-7-14)18(19,20)21)27-16-10-8-15(9-11-16)23(2)28(3,25)26/h4-12H,1-3H3,(H,22,24)/t12-/m0/s1. The average molecular weight is 416 g/mol. The second-order valence-corrected chi connectivity index (χ2v) is 8.06. The summed E-state index contributed by atoms with van der Waals surface area (Å²) in [5.74, 6) is -0.210. The summed E-state index contributed by atoms with van der Waals surface area (Å²) in [6.07, 6.45) is -4.30. The highest BCUT2D eigenvalue weighted by molar-refractivity contribution is 7.92. The van der Waals surface area contributed by atoms with Crippen molar-refractivity contribution in [2.45, 2.75) is 19.2 Å². The number of ether oxygens (including phenoxy) is 1. The quantitative estimate of drug-likeness (QED) is 0.782. The Hall–Kier alpha value is -2.75. The molecule has 0 spiro atoms. The van der Waals surface area contributed by atoms with E-state index in [0.29, 0.717) is 11.4 Å². The van der Waals surface area contributed by atoms with Crippen LogP contribution in [0.25, 0.3) is 0 Å². The van der Waals surface area contributed by atoms with Crippen LogP contribution >= 0.6 is 0 Å². The first-order valence-electron chi connectivity index (χ1n) is 8.06. The van der Waals surface area contributed by atoms with E-state index < -0.39 is 33.8 Å². The number of alkyl halides is 3. The van der Waals surface area contributed by atoms with E-state index in [1.54, 1.807) is 0 Å². The van der Waals surface area contributed by atoms with Gasteiger partial charge in [-0.15, -0.1) is 0 Å². The summed E-state index contributed by atoms with van der Waals surface area (Å²) < 4.78 is 67.3. The smallest absolute Gasteiger partial charge is 0.416 e. The van der Waals surface area contributed by atoms with Gasteiger partial charge in [-0.25, -0.2) is 8.42 Å². The summed E-state index contributed by atoms with van der Waals surface area (Å²) in [5, 5.41) is 2.47. The number of sulfonamides is 1. The van der Waals surface area contributed by atoms with Crippen LogP contribution in [0.4, 0.5) is 24.5 Å². The molecule has 0 bridgehead atoms. The van der Waals surface area contributed by atoms with Crippen molar-refractivity contribution in [3.8, 4) is 5.75 Å². The van der Waals surface area contributed by atoms with Crippen molar-refractivity contribution in [1.29, 1.82) is 0 Å². The number of nitrogens with zero attached hydrogens (tertiary/aromatic N) is 1. The Labute approximate surface area is 161 Å². The number of carbonyl (C=O) groups excluding carboxylic acids is 1. The van der Waals surface area contributed by atoms with Crippen molar-refractivity contribution < 1.29 is 31.1 Å². The first-order chi connectivity index (χ1) is 12.9. The molecule has 0 fully saturated rings. The van der Waals surface area contributed by atoms with Gasteiger partial charge in [0.05, 0.1) is 17.5 Å². The second-order valence-electron chi connectivity index (χ2n) is 6.05. The SMILES string of the molecule is C[C@H](Oc1ccc(N(C)S(C)(=O)=O)cc1)C(=O)Nc1ccc(C(F)(F)F)cc1. The summed E-state index contributed by atoms with van der Waals surface area (Å²) in [7, 11) is -1.99. The highest BCUT2D eigenvalue weighted by Crippen LogP contribution is 2.30. The normalized spacial score (nSPS) is 12.9. The number of anilines is 2. The number of halogens is 3. The summed E-state index contributed by atoms with van der Waals surface area (Å²) in [6.45, 7) is 1.48. The van der Waals surface area contributed by atoms with Gasteiger partial charge in [-0.3, -0.25) is 9.10 Å². The Morgan fingerprint density at radius 2 is 1.61 bits per heavy atom. The summed E-state index contributed by atoms with van der Waals surface area (Å²) in [6, 6.07) is 10.1. The fraction of sp³-hybridized carbons (Fsp3) is 0.278. The maximum absolute atomic E-state index is 12.6. The van der Waals surface area contributed by atoms with Crippen molar-refractivity contribution in [2.24, 2.45) is 0 Å². The molecule has 0 aliphatic rings. The van der Waals surface area contributed by atoms with Crippen LogP contribution in [0, 0.1) is 0 Å². The molecule has 2 aromatic carbocycles. The lowest BCUT2D eigenvalue weighted by atomic mass is 10.2. The van der Waals surface area contributed by atoms with Crippen LogP contribution in [-0.4, -0.2) is 33.7 Å². The van der Waals surface area contributed by atoms with Crippen LogP contribution < -0.4 is 14.4 Å². The largest absolute Gasteiger partial charge is 0.481 e. The van der Waals surface area contributed by atoms with Crippen LogP contribution in [-0.2, 0) is 21.0 Å². The number of carbonyl (C=O) groups is 1. The lowest BCUT2D eigenvalue weighted by molar-refractivity contribution is -0.137. The summed E-state index contributed by atoms with van der Waals surface area (Å²) in [5.41, 5.74) is -0.177. The molecule has 0 aliphatic carbocycles. The molecule has 28 heavy (non-hydrogen) atoms. The molecular weight excluding hydrogens is 397 g/mol. The molecule has 0 heterocycles. The van der Waals surface area contributed by atoms with Gasteiger partial charge in [-0.2, -0.15) is 13.2 Å². The molecule has 2 rings (SSSR count). The van der Waals surface area contributed by atoms with Crippen LogP contribution in [0.1, 0.15) is 12.5 Å². The Bertz CT molecular complexity index is 927. The third-order valence-electron chi connectivity index (χ3n) is 3.86. The third-order valence-corrected chi connectivity index (χ3v) is 5.07. The number of amides is 1. The van der Waals surface area contributed by atoms with Gasteiger partial charge < -0.3 is 10.1 Å². The van der Waals surface area contributed by atoms with Crippen LogP contribution in [0.15, 0.2) is 48.5 Å². The molecule has 1 N–H and O–H groups in total. The van der Waals surface area contributed by atoms with E-state index in [-0.39, 0.29) is 5.69 Å². The predicted molar refractivity (Wildman–Crippen MR) is 99.9 cm³/mol. The van der Waals surface area contributed by atoms with E-state index in [1.807, 2.05) is 0 Å². The molecule has 152 valence electrons. The van der Waals surface area contributed by atoms with Gasteiger partial charge in [0.25, 0.3) is 5.91 Å². The lowest BCUT2D eigenvalue weighted by Gasteiger charge is -2.18. The minimum absolute atomic E-state index is 0.207. The van der Waals surface area contributed by atoms with Gasteiger partial charge in [0.2, 0.25) is 10.0 Å². The molecule has 0 aliphatic heterocycles. The highest BCUT2D eigenvalue weighted by atomic mass is 32.2. The molecular formula is C18H19F3N2O4S. The number of benzene rings is 2. The predicted octanol–water partition coefficient (Wildman–Crippen LogP) is 3.51. The summed E-state index contributed by atoms with van der Waals surface area (Å²) >= 11 is 0. The van der Waals surface area contributed by atoms with E-state index in [2.05, 4.69) is 5.32 Å². The topological polar surface area (TPSA) is 75.7 Å². The zero-order valence-corrected chi connectivity index (χ0v) is 16.1. The van der Waals surface area contributed by atoms with E-state index >= 15 is 0 Å². The molecule has 0 aromatic heterocycles. The number of rotatable bonds is 6. The maximum Gasteiger partial charge on any atom is 0.416 e. The van der Waals surface area contributed by atoms with Crippen LogP contribution in [0.3, 0.4) is 0 Å². The number of hydrogen-bond donors (Lipinski definition) is 1. The molecule has 0 radical (unpaired) electrons. The molecule has 0 saturated carbocycles. The van der Waals surface area contributed by atoms with Crippen molar-refractivity contribution in [3.63, 3.8) is 0 Å². The van der Waals surface area contributed by atoms with Gasteiger partial charge in [0.1, 0.15) is 5.75 Å². The fourth-order valence-corrected chi connectivity index (χ4v) is 2.67. The van der Waals surface area contributed by atoms with Gasteiger partial charge in [0, 0.05) is 12.7 Å². The van der Waals surface area contributed by atoms with E-state index in [0.717, 1.165) is 34.8 Å². The molecule has 6 nitrogen and oxygen atoms in total. The van der Waals surface area contributed by atoms with Gasteiger partial charge in [-0.1, -0.05) is 0 Å². The van der Waals surface area contributed by atoms with E-state index in [9.17, 15) is 26.4 Å². The molecule has 1 amide bonds. The molecule has 0 unspecified atom stereocenters. The average Bonchev–Trinajstić information content (AvgIpc) is 2.60. The first kappa shape index (κ1) is 21.5. The van der Waals surface area contributed by atoms with Crippen molar-refractivity contribution >= 4 is 27.3 Å². The Balaban J connectivity index is 1.98. The van der Waals surface area contributed by atoms with Crippen LogP contribution in [0.5, 0.6) is 5.75 Å². The Morgan fingerprint density at radius 3 is 2.07 bits per heavy atom. The molecule has 10 heteroatoms. The van der Waals surface area contributed by atoms with Gasteiger partial charge in [-0.05, 0) is 55.5 Å². The van der Waals surface area contributed by atoms with Crippen molar-refractivity contribution in [3.05, 3.63) is 54.1 Å². The van der Waals surface area contributed by atoms with Crippen molar-refractivity contribution in [1.82, 2.24) is 0 Å². The Kier molecular flexibility index (Phi) is 6.23. The number of nitrogens with one attached hydrogen (secondary N) is 1. The van der Waals surface area contributed by atoms with Gasteiger partial charge in [0.15, 0.2) is 6.10 Å². The maximum atomic E-state index is 12.6. The van der Waals surface area contributed by atoms with E-state index in [4.69, 9.17) is 4.74 Å². The third kappa shape index (κ3) is 5.62. The highest BCUT2D eigenvalue weighted by Gasteiger charge is 2.30. The molecule has 2 aromatic rings. The zero-order valence-electron chi connectivity index (χ0n) is 15.3. The monoisotopic (exact) mass is 416 g/mol. The summed E-state index contributed by atoms with van der Waals surface area (Å²) in [4.78, 5) is 12.2. The Morgan fingerprint density at radius 1 is 1.07 bits per heavy atom. The fourth-order valence-electron chi connectivity index (χ4n) is 2.17. The minimum Gasteiger partial charge on any atom is -0.481 e. The molecule has 1 atom stereocenters.